The number of hydrogen-bond acceptors (Lipinski definition) is 2. The minimum Gasteiger partial charge on any atom is -0.599 e. The fourth-order valence-electron chi connectivity index (χ4n) is 0. The molecule has 0 aromatic rings. The maximum atomic E-state index is 8.48. The van der Waals surface area contributed by atoms with E-state index in [1.807, 2.05) is 0 Å². The van der Waals surface area contributed by atoms with Crippen LogP contribution in [0.2, 0.25) is 0 Å². The van der Waals surface area contributed by atoms with Crippen LogP contribution in [0, 0.1) is 0 Å². The van der Waals surface area contributed by atoms with E-state index in [1.165, 1.54) is 0 Å². The summed E-state index contributed by atoms with van der Waals surface area (Å²) in [5.74, 6) is 0. The predicted octanol–water partition coefficient (Wildman–Crippen LogP) is -5.38. The second-order valence-electron chi connectivity index (χ2n) is 0.0630. The van der Waals surface area contributed by atoms with Crippen molar-refractivity contribution < 1.29 is 51.3 Å². The van der Waals surface area contributed by atoms with Gasteiger partial charge in [0.25, 0.3) is 0 Å². The molecule has 0 rings (SSSR count). The molecule has 4 heavy (non-hydrogen) atoms. The number of halogens is 1. The standard InChI is InChI=1S/Ag.IO2/c;2-1-3/q+1;-1. The third kappa shape index (κ3) is 10.0. The molecule has 0 heterocycles. The molecule has 0 atom stereocenters. The van der Waals surface area contributed by atoms with Crippen LogP contribution in [0.4, 0.5) is 0 Å². The molecule has 30 valence electrons. The minimum absolute atomic E-state index is 0. The Hall–Kier alpha value is 1.39. The molecule has 0 saturated heterocycles. The first-order chi connectivity index (χ1) is 1.41. The van der Waals surface area contributed by atoms with Gasteiger partial charge in [0, 0.05) is 0 Å². The largest absolute Gasteiger partial charge is 1.00 e. The van der Waals surface area contributed by atoms with Crippen LogP contribution in [-0.4, -0.2) is 0 Å². The van der Waals surface area contributed by atoms with Crippen LogP contribution in [0.15, 0.2) is 0 Å². The summed E-state index contributed by atoms with van der Waals surface area (Å²) in [5, 5.41) is 0. The Bertz CT molecular complexity index is 6.00. The Kier molecular flexibility index (Phi) is 20.0. The maximum absolute atomic E-state index is 8.48. The summed E-state index contributed by atoms with van der Waals surface area (Å²) >= 11 is -1.91. The van der Waals surface area contributed by atoms with E-state index in [0.29, 0.717) is 0 Å². The van der Waals surface area contributed by atoms with Crippen LogP contribution < -0.4 is 28.9 Å². The molecule has 0 N–H and O–H groups in total. The van der Waals surface area contributed by atoms with Gasteiger partial charge in [0.05, 0.1) is 0 Å². The van der Waals surface area contributed by atoms with Crippen molar-refractivity contribution in [2.24, 2.45) is 0 Å². The van der Waals surface area contributed by atoms with Crippen LogP contribution in [0.3, 0.4) is 0 Å². The van der Waals surface area contributed by atoms with Crippen LogP contribution in [-0.2, 0) is 22.4 Å². The van der Waals surface area contributed by atoms with Gasteiger partial charge in [0.2, 0.25) is 0 Å². The topological polar surface area (TPSA) is 46.1 Å². The SMILES string of the molecule is [Ag+].[O-][I+][O-]. The fourth-order valence-corrected chi connectivity index (χ4v) is 0. The van der Waals surface area contributed by atoms with Crippen molar-refractivity contribution in [3.8, 4) is 0 Å². The average Bonchev–Trinajstić information content (AvgIpc) is 0.918. The van der Waals surface area contributed by atoms with Crippen molar-refractivity contribution in [3.63, 3.8) is 0 Å². The van der Waals surface area contributed by atoms with Crippen molar-refractivity contribution in [2.45, 2.75) is 0 Å². The van der Waals surface area contributed by atoms with Gasteiger partial charge in [-0.2, -0.15) is 0 Å². The molecule has 4 heteroatoms. The molecule has 0 aliphatic rings. The van der Waals surface area contributed by atoms with Gasteiger partial charge < -0.3 is 6.87 Å². The van der Waals surface area contributed by atoms with Crippen molar-refractivity contribution in [1.82, 2.24) is 0 Å². The first-order valence-electron chi connectivity index (χ1n) is 0.309. The Labute approximate surface area is 51.1 Å². The van der Waals surface area contributed by atoms with Crippen LogP contribution >= 0.6 is 0 Å². The van der Waals surface area contributed by atoms with Gasteiger partial charge in [-0.25, -0.2) is 0 Å². The van der Waals surface area contributed by atoms with Gasteiger partial charge in [-0.05, 0) is 0 Å². The third-order valence-corrected chi connectivity index (χ3v) is 0. The Morgan fingerprint density at radius 1 is 1.25 bits per heavy atom. The first-order valence-corrected chi connectivity index (χ1v) is 2.07. The van der Waals surface area contributed by atoms with Crippen molar-refractivity contribution in [1.29, 1.82) is 0 Å². The summed E-state index contributed by atoms with van der Waals surface area (Å²) in [7, 11) is 0. The molecular weight excluding hydrogens is 267 g/mol. The molecule has 0 fully saturated rings. The van der Waals surface area contributed by atoms with Crippen molar-refractivity contribution in [3.05, 3.63) is 0 Å². The summed E-state index contributed by atoms with van der Waals surface area (Å²) in [6, 6.07) is 0. The van der Waals surface area contributed by atoms with Gasteiger partial charge in [-0.1, -0.05) is 0 Å². The van der Waals surface area contributed by atoms with Gasteiger partial charge in [-0.3, -0.25) is 0 Å². The van der Waals surface area contributed by atoms with Gasteiger partial charge >= 0.3 is 22.4 Å². The van der Waals surface area contributed by atoms with E-state index in [-0.39, 0.29) is 22.4 Å². The van der Waals surface area contributed by atoms with Crippen molar-refractivity contribution >= 4 is 0 Å². The third-order valence-electron chi connectivity index (χ3n) is 0. The Balaban J connectivity index is 0. The van der Waals surface area contributed by atoms with E-state index >= 15 is 0 Å². The molecule has 0 aromatic carbocycles. The normalized spacial score (nSPS) is 4.50. The van der Waals surface area contributed by atoms with Crippen LogP contribution in [0.5, 0.6) is 0 Å². The molecule has 0 bridgehead atoms. The second-order valence-corrected chi connectivity index (χ2v) is 0.423. The predicted molar refractivity (Wildman–Crippen MR) is 0 cm³/mol. The summed E-state index contributed by atoms with van der Waals surface area (Å²) in [6.45, 7) is 0. The van der Waals surface area contributed by atoms with Gasteiger partial charge in [0.15, 0.2) is 22.0 Å². The van der Waals surface area contributed by atoms with E-state index < -0.39 is 22.0 Å². The summed E-state index contributed by atoms with van der Waals surface area (Å²) in [6.07, 6.45) is 0. The quantitative estimate of drug-likeness (QED) is 0.325. The smallest absolute Gasteiger partial charge is 0.599 e. The molecule has 2 nitrogen and oxygen atoms in total. The van der Waals surface area contributed by atoms with E-state index in [1.54, 1.807) is 0 Å². The first kappa shape index (κ1) is 9.04. The molecule has 0 aromatic heterocycles. The molecule has 0 amide bonds. The Morgan fingerprint density at radius 3 is 1.25 bits per heavy atom. The number of hydrogen-bond donors (Lipinski definition) is 0. The van der Waals surface area contributed by atoms with Gasteiger partial charge in [0.1, 0.15) is 0 Å². The zero-order valence-electron chi connectivity index (χ0n) is 1.50. The average molecular weight is 267 g/mol. The summed E-state index contributed by atoms with van der Waals surface area (Å²) in [4.78, 5) is 0. The Morgan fingerprint density at radius 2 is 1.25 bits per heavy atom. The van der Waals surface area contributed by atoms with Gasteiger partial charge in [-0.15, -0.1) is 0 Å². The number of rotatable bonds is 0. The monoisotopic (exact) mass is 266 g/mol. The van der Waals surface area contributed by atoms with E-state index in [0.717, 1.165) is 0 Å². The van der Waals surface area contributed by atoms with Crippen LogP contribution in [0.25, 0.3) is 0 Å². The van der Waals surface area contributed by atoms with E-state index in [9.17, 15) is 0 Å². The molecule has 0 aliphatic heterocycles. The summed E-state index contributed by atoms with van der Waals surface area (Å²) in [5.41, 5.74) is 0. The minimum atomic E-state index is -1.91. The summed E-state index contributed by atoms with van der Waals surface area (Å²) < 4.78 is 17.0. The van der Waals surface area contributed by atoms with E-state index in [4.69, 9.17) is 6.87 Å². The zero-order chi connectivity index (χ0) is 2.71. The zero-order valence-corrected chi connectivity index (χ0v) is 5.14. The molecule has 0 spiro atoms. The van der Waals surface area contributed by atoms with E-state index in [2.05, 4.69) is 0 Å². The molecule has 0 radical (unpaired) electrons. The maximum Gasteiger partial charge on any atom is 1.00 e. The molecule has 0 saturated carbocycles. The fraction of sp³-hybridized carbons (Fsp3) is 0. The molecular formula is AgIO2. The molecule has 0 aliphatic carbocycles. The van der Waals surface area contributed by atoms with Crippen LogP contribution in [0.1, 0.15) is 0 Å². The molecule has 0 unspecified atom stereocenters. The van der Waals surface area contributed by atoms with Crippen molar-refractivity contribution in [2.75, 3.05) is 0 Å². The second kappa shape index (κ2) is 8.83.